The number of nitrogen functional groups attached to an aromatic ring is 1. The highest BCUT2D eigenvalue weighted by atomic mass is 15.3. The molecule has 1 aliphatic rings. The molecule has 0 unspecified atom stereocenters. The van der Waals surface area contributed by atoms with Gasteiger partial charge in [0.05, 0.1) is 17.1 Å². The molecule has 1 aromatic carbocycles. The number of anilines is 1. The number of benzene rings is 1. The molecule has 0 radical (unpaired) electrons. The molecule has 1 fully saturated rings. The third-order valence-electron chi connectivity index (χ3n) is 3.04. The van der Waals surface area contributed by atoms with E-state index in [1.54, 1.807) is 0 Å². The lowest BCUT2D eigenvalue weighted by atomic mass is 10.2. The van der Waals surface area contributed by atoms with Crippen LogP contribution >= 0.6 is 0 Å². The molecule has 0 saturated heterocycles. The normalized spacial score (nSPS) is 15.3. The zero-order valence-electron chi connectivity index (χ0n) is 9.35. The highest BCUT2D eigenvalue weighted by Gasteiger charge is 2.25. The number of aryl methyl sites for hydroxylation is 1. The topological polar surface area (TPSA) is 43.8 Å². The van der Waals surface area contributed by atoms with Crippen LogP contribution in [0.25, 0.3) is 5.69 Å². The Labute approximate surface area is 94.9 Å². The molecule has 1 aliphatic carbocycles. The Morgan fingerprint density at radius 3 is 2.81 bits per heavy atom. The highest BCUT2D eigenvalue weighted by molar-refractivity contribution is 5.58. The minimum atomic E-state index is 0.688. The summed E-state index contributed by atoms with van der Waals surface area (Å²) in [6, 6.07) is 8.16. The van der Waals surface area contributed by atoms with E-state index >= 15 is 0 Å². The maximum atomic E-state index is 5.99. The van der Waals surface area contributed by atoms with E-state index in [0.29, 0.717) is 5.92 Å². The van der Waals surface area contributed by atoms with Crippen LogP contribution in [0.15, 0.2) is 30.5 Å². The SMILES string of the molecule is Cc1ccc(-n2ccc(C3CC3)n2)c(N)c1. The van der Waals surface area contributed by atoms with E-state index in [4.69, 9.17) is 5.73 Å². The van der Waals surface area contributed by atoms with Gasteiger partial charge in [-0.15, -0.1) is 0 Å². The number of nitrogens with zero attached hydrogens (tertiary/aromatic N) is 2. The summed E-state index contributed by atoms with van der Waals surface area (Å²) in [4.78, 5) is 0. The first-order valence-electron chi connectivity index (χ1n) is 5.66. The molecule has 1 heterocycles. The number of nitrogens with two attached hydrogens (primary N) is 1. The fourth-order valence-corrected chi connectivity index (χ4v) is 1.95. The molecule has 3 heteroatoms. The summed E-state index contributed by atoms with van der Waals surface area (Å²) in [5.74, 6) is 0.688. The number of hydrogen-bond donors (Lipinski definition) is 1. The van der Waals surface area contributed by atoms with Crippen LogP contribution in [0.5, 0.6) is 0 Å². The van der Waals surface area contributed by atoms with Crippen molar-refractivity contribution in [2.45, 2.75) is 25.7 Å². The first-order chi connectivity index (χ1) is 7.74. The Bertz CT molecular complexity index is 524. The number of rotatable bonds is 2. The van der Waals surface area contributed by atoms with Gasteiger partial charge in [-0.3, -0.25) is 0 Å². The van der Waals surface area contributed by atoms with Crippen molar-refractivity contribution in [2.75, 3.05) is 5.73 Å². The van der Waals surface area contributed by atoms with Crippen LogP contribution in [-0.4, -0.2) is 9.78 Å². The number of hydrogen-bond acceptors (Lipinski definition) is 2. The molecule has 1 aromatic heterocycles. The second kappa shape index (κ2) is 3.37. The maximum Gasteiger partial charge on any atom is 0.0875 e. The van der Waals surface area contributed by atoms with Crippen molar-refractivity contribution in [3.63, 3.8) is 0 Å². The molecule has 1 saturated carbocycles. The molecule has 3 rings (SSSR count). The summed E-state index contributed by atoms with van der Waals surface area (Å²) in [6.45, 7) is 2.04. The lowest BCUT2D eigenvalue weighted by Gasteiger charge is -2.06. The van der Waals surface area contributed by atoms with Gasteiger partial charge in [-0.1, -0.05) is 6.07 Å². The summed E-state index contributed by atoms with van der Waals surface area (Å²) < 4.78 is 1.88. The van der Waals surface area contributed by atoms with E-state index in [1.165, 1.54) is 24.1 Å². The molecule has 0 amide bonds. The minimum absolute atomic E-state index is 0.688. The Morgan fingerprint density at radius 1 is 1.31 bits per heavy atom. The van der Waals surface area contributed by atoms with Gasteiger partial charge in [0.2, 0.25) is 0 Å². The van der Waals surface area contributed by atoms with Gasteiger partial charge in [-0.25, -0.2) is 4.68 Å². The standard InChI is InChI=1S/C13H15N3/c1-9-2-5-13(11(14)8-9)16-7-6-12(15-16)10-3-4-10/h2,5-8,10H,3-4,14H2,1H3. The maximum absolute atomic E-state index is 5.99. The molecule has 0 bridgehead atoms. The molecule has 2 aromatic rings. The van der Waals surface area contributed by atoms with Crippen molar-refractivity contribution in [1.29, 1.82) is 0 Å². The summed E-state index contributed by atoms with van der Waals surface area (Å²) in [7, 11) is 0. The Balaban J connectivity index is 2.00. The Kier molecular flexibility index (Phi) is 1.99. The average molecular weight is 213 g/mol. The second-order valence-corrected chi connectivity index (χ2v) is 4.52. The van der Waals surface area contributed by atoms with Gasteiger partial charge in [0.15, 0.2) is 0 Å². The van der Waals surface area contributed by atoms with E-state index in [0.717, 1.165) is 11.4 Å². The van der Waals surface area contributed by atoms with Crippen molar-refractivity contribution in [1.82, 2.24) is 9.78 Å². The summed E-state index contributed by atoms with van der Waals surface area (Å²) >= 11 is 0. The molecule has 0 atom stereocenters. The molecular weight excluding hydrogens is 198 g/mol. The van der Waals surface area contributed by atoms with Crippen molar-refractivity contribution in [3.8, 4) is 5.69 Å². The molecule has 0 aliphatic heterocycles. The third kappa shape index (κ3) is 1.58. The van der Waals surface area contributed by atoms with E-state index < -0.39 is 0 Å². The lowest BCUT2D eigenvalue weighted by Crippen LogP contribution is -2.01. The van der Waals surface area contributed by atoms with Gasteiger partial charge >= 0.3 is 0 Å². The van der Waals surface area contributed by atoms with Gasteiger partial charge in [0.1, 0.15) is 0 Å². The number of aromatic nitrogens is 2. The summed E-state index contributed by atoms with van der Waals surface area (Å²) in [5, 5.41) is 4.57. The van der Waals surface area contributed by atoms with Gasteiger partial charge in [0.25, 0.3) is 0 Å². The smallest absolute Gasteiger partial charge is 0.0875 e. The summed E-state index contributed by atoms with van der Waals surface area (Å²) in [5.41, 5.74) is 10.1. The fourth-order valence-electron chi connectivity index (χ4n) is 1.95. The van der Waals surface area contributed by atoms with Crippen LogP contribution in [0.3, 0.4) is 0 Å². The predicted molar refractivity (Wildman–Crippen MR) is 64.7 cm³/mol. The van der Waals surface area contributed by atoms with Gasteiger partial charge in [0, 0.05) is 12.1 Å². The zero-order valence-corrected chi connectivity index (χ0v) is 9.35. The minimum Gasteiger partial charge on any atom is -0.397 e. The van der Waals surface area contributed by atoms with Crippen LogP contribution in [0.1, 0.15) is 30.0 Å². The Hall–Kier alpha value is -1.77. The van der Waals surface area contributed by atoms with Crippen LogP contribution in [0, 0.1) is 6.92 Å². The van der Waals surface area contributed by atoms with Crippen molar-refractivity contribution in [2.24, 2.45) is 0 Å². The van der Waals surface area contributed by atoms with Crippen LogP contribution in [0.2, 0.25) is 0 Å². The first kappa shape index (κ1) is 9.46. The van der Waals surface area contributed by atoms with Gasteiger partial charge in [-0.2, -0.15) is 5.10 Å². The van der Waals surface area contributed by atoms with E-state index in [1.807, 2.05) is 29.9 Å². The van der Waals surface area contributed by atoms with E-state index in [9.17, 15) is 0 Å². The molecule has 0 spiro atoms. The van der Waals surface area contributed by atoms with E-state index in [-0.39, 0.29) is 0 Å². The van der Waals surface area contributed by atoms with Crippen LogP contribution in [0.4, 0.5) is 5.69 Å². The quantitative estimate of drug-likeness (QED) is 0.779. The predicted octanol–water partition coefficient (Wildman–Crippen LogP) is 2.64. The average Bonchev–Trinajstić information content (AvgIpc) is 2.98. The zero-order chi connectivity index (χ0) is 11.1. The third-order valence-corrected chi connectivity index (χ3v) is 3.04. The van der Waals surface area contributed by atoms with Crippen LogP contribution < -0.4 is 5.73 Å². The van der Waals surface area contributed by atoms with Gasteiger partial charge in [-0.05, 0) is 43.5 Å². The molecule has 82 valence electrons. The van der Waals surface area contributed by atoms with Crippen molar-refractivity contribution in [3.05, 3.63) is 41.7 Å². The Morgan fingerprint density at radius 2 is 2.12 bits per heavy atom. The van der Waals surface area contributed by atoms with E-state index in [2.05, 4.69) is 17.2 Å². The van der Waals surface area contributed by atoms with Gasteiger partial charge < -0.3 is 5.73 Å². The second-order valence-electron chi connectivity index (χ2n) is 4.52. The molecule has 16 heavy (non-hydrogen) atoms. The lowest BCUT2D eigenvalue weighted by molar-refractivity contribution is 0.839. The fraction of sp³-hybridized carbons (Fsp3) is 0.308. The molecule has 3 nitrogen and oxygen atoms in total. The molecular formula is C13H15N3. The van der Waals surface area contributed by atoms with Crippen molar-refractivity contribution >= 4 is 5.69 Å². The highest BCUT2D eigenvalue weighted by Crippen LogP contribution is 2.39. The van der Waals surface area contributed by atoms with Crippen molar-refractivity contribution < 1.29 is 0 Å². The molecule has 2 N–H and O–H groups in total. The largest absolute Gasteiger partial charge is 0.397 e. The van der Waals surface area contributed by atoms with Crippen LogP contribution in [-0.2, 0) is 0 Å². The summed E-state index contributed by atoms with van der Waals surface area (Å²) in [6.07, 6.45) is 4.55. The monoisotopic (exact) mass is 213 g/mol. The first-order valence-corrected chi connectivity index (χ1v) is 5.66.